The number of aromatic nitrogens is 3. The van der Waals surface area contributed by atoms with Crippen molar-refractivity contribution in [2.24, 2.45) is 0 Å². The molecule has 0 radical (unpaired) electrons. The zero-order valence-electron chi connectivity index (χ0n) is 14.5. The molecule has 0 aliphatic rings. The third kappa shape index (κ3) is 3.48. The van der Waals surface area contributed by atoms with E-state index in [0.29, 0.717) is 29.0 Å². The fourth-order valence-electron chi connectivity index (χ4n) is 2.75. The summed E-state index contributed by atoms with van der Waals surface area (Å²) in [6.45, 7) is 4.06. The van der Waals surface area contributed by atoms with E-state index in [1.807, 2.05) is 6.92 Å². The highest BCUT2D eigenvalue weighted by Gasteiger charge is 2.13. The van der Waals surface area contributed by atoms with Gasteiger partial charge in [-0.15, -0.1) is 0 Å². The van der Waals surface area contributed by atoms with Gasteiger partial charge in [0, 0.05) is 23.7 Å². The van der Waals surface area contributed by atoms with Crippen molar-refractivity contribution in [2.45, 2.75) is 26.9 Å². The van der Waals surface area contributed by atoms with Gasteiger partial charge in [0.1, 0.15) is 0 Å². The SMILES string of the molecule is CCn1c(C)cc(=O)n(-c2ccc3snc(CNS(C)(=O)=O)c3c2)c1=O. The molecule has 0 aliphatic heterocycles. The Bertz CT molecular complexity index is 1210. The van der Waals surface area contributed by atoms with Gasteiger partial charge in [-0.05, 0) is 43.6 Å². The zero-order chi connectivity index (χ0) is 19.1. The number of nitrogens with zero attached hydrogens (tertiary/aromatic N) is 3. The van der Waals surface area contributed by atoms with Crippen LogP contribution in [0.4, 0.5) is 0 Å². The van der Waals surface area contributed by atoms with E-state index < -0.39 is 21.3 Å². The number of benzene rings is 1. The van der Waals surface area contributed by atoms with E-state index in [2.05, 4.69) is 9.10 Å². The van der Waals surface area contributed by atoms with Crippen molar-refractivity contribution in [1.82, 2.24) is 18.2 Å². The maximum absolute atomic E-state index is 12.7. The van der Waals surface area contributed by atoms with E-state index in [0.717, 1.165) is 15.5 Å². The van der Waals surface area contributed by atoms with Gasteiger partial charge >= 0.3 is 5.69 Å². The first-order chi connectivity index (χ1) is 12.2. The second-order valence-electron chi connectivity index (χ2n) is 5.89. The van der Waals surface area contributed by atoms with E-state index in [1.54, 1.807) is 25.1 Å². The smallest absolute Gasteiger partial charge is 0.298 e. The largest absolute Gasteiger partial charge is 0.335 e. The number of aryl methyl sites for hydroxylation is 1. The molecule has 0 aliphatic carbocycles. The molecular formula is C16H18N4O4S2. The standard InChI is InChI=1S/C16H18N4O4S2/c1-4-19-10(2)7-15(21)20(16(19)22)11-5-6-14-12(8-11)13(18-25-14)9-17-26(3,23)24/h5-8,17H,4,9H2,1-3H3. The van der Waals surface area contributed by atoms with Gasteiger partial charge in [-0.1, -0.05) is 0 Å². The van der Waals surface area contributed by atoms with E-state index in [1.165, 1.54) is 22.2 Å². The number of fused-ring (bicyclic) bond motifs is 1. The van der Waals surface area contributed by atoms with Gasteiger partial charge in [-0.3, -0.25) is 9.36 Å². The van der Waals surface area contributed by atoms with Gasteiger partial charge < -0.3 is 0 Å². The van der Waals surface area contributed by atoms with Crippen LogP contribution in [-0.4, -0.2) is 28.2 Å². The summed E-state index contributed by atoms with van der Waals surface area (Å²) in [4.78, 5) is 25.1. The minimum absolute atomic E-state index is 0.0459. The Balaban J connectivity index is 2.16. The summed E-state index contributed by atoms with van der Waals surface area (Å²) in [6.07, 6.45) is 1.08. The van der Waals surface area contributed by atoms with Crippen LogP contribution in [0, 0.1) is 6.92 Å². The van der Waals surface area contributed by atoms with Crippen LogP contribution < -0.4 is 16.0 Å². The molecule has 3 aromatic rings. The lowest BCUT2D eigenvalue weighted by Crippen LogP contribution is -2.39. The van der Waals surface area contributed by atoms with Crippen LogP contribution in [0.3, 0.4) is 0 Å². The first-order valence-electron chi connectivity index (χ1n) is 7.88. The molecule has 8 nitrogen and oxygen atoms in total. The van der Waals surface area contributed by atoms with Crippen molar-refractivity contribution in [3.05, 3.63) is 56.5 Å². The maximum Gasteiger partial charge on any atom is 0.335 e. The molecule has 0 atom stereocenters. The van der Waals surface area contributed by atoms with Gasteiger partial charge in [0.25, 0.3) is 5.56 Å². The quantitative estimate of drug-likeness (QED) is 0.695. The Hall–Kier alpha value is -2.30. The Kier molecular flexibility index (Phi) is 4.82. The molecule has 138 valence electrons. The summed E-state index contributed by atoms with van der Waals surface area (Å²) < 4.78 is 32.8. The monoisotopic (exact) mass is 394 g/mol. The van der Waals surface area contributed by atoms with Crippen LogP contribution >= 0.6 is 11.5 Å². The Morgan fingerprint density at radius 2 is 1.96 bits per heavy atom. The predicted octanol–water partition coefficient (Wildman–Crippen LogP) is 0.986. The van der Waals surface area contributed by atoms with Gasteiger partial charge in [0.2, 0.25) is 10.0 Å². The molecule has 2 heterocycles. The highest BCUT2D eigenvalue weighted by molar-refractivity contribution is 7.88. The van der Waals surface area contributed by atoms with Gasteiger partial charge in [0.15, 0.2) is 0 Å². The summed E-state index contributed by atoms with van der Waals surface area (Å²) in [6, 6.07) is 6.57. The Morgan fingerprint density at radius 1 is 1.23 bits per heavy atom. The Morgan fingerprint density at radius 3 is 2.62 bits per heavy atom. The van der Waals surface area contributed by atoms with Crippen LogP contribution in [0.2, 0.25) is 0 Å². The highest BCUT2D eigenvalue weighted by Crippen LogP contribution is 2.25. The minimum atomic E-state index is -3.35. The second-order valence-corrected chi connectivity index (χ2v) is 8.53. The van der Waals surface area contributed by atoms with Crippen LogP contribution in [0.25, 0.3) is 15.8 Å². The number of nitrogens with one attached hydrogen (secondary N) is 1. The van der Waals surface area contributed by atoms with Crippen molar-refractivity contribution in [1.29, 1.82) is 0 Å². The average Bonchev–Trinajstić information content (AvgIpc) is 2.94. The lowest BCUT2D eigenvalue weighted by molar-refractivity contribution is 0.587. The Labute approximate surface area is 153 Å². The molecule has 1 aromatic carbocycles. The summed E-state index contributed by atoms with van der Waals surface area (Å²) >= 11 is 1.23. The molecule has 10 heteroatoms. The van der Waals surface area contributed by atoms with Crippen LogP contribution in [-0.2, 0) is 23.1 Å². The molecule has 0 spiro atoms. The van der Waals surface area contributed by atoms with Gasteiger partial charge in [-0.25, -0.2) is 22.5 Å². The van der Waals surface area contributed by atoms with Crippen molar-refractivity contribution >= 4 is 31.6 Å². The number of hydrogen-bond acceptors (Lipinski definition) is 6. The third-order valence-corrected chi connectivity index (χ3v) is 5.54. The van der Waals surface area contributed by atoms with Crippen LogP contribution in [0.5, 0.6) is 0 Å². The fourth-order valence-corrected chi connectivity index (χ4v) is 3.93. The summed E-state index contributed by atoms with van der Waals surface area (Å²) in [5, 5.41) is 0.707. The number of hydrogen-bond donors (Lipinski definition) is 1. The highest BCUT2D eigenvalue weighted by atomic mass is 32.2. The van der Waals surface area contributed by atoms with Crippen LogP contribution in [0.1, 0.15) is 18.3 Å². The average molecular weight is 394 g/mol. The van der Waals surface area contributed by atoms with Gasteiger partial charge in [0.05, 0.1) is 28.9 Å². The third-order valence-electron chi connectivity index (χ3n) is 4.01. The summed E-state index contributed by atoms with van der Waals surface area (Å²) in [7, 11) is -3.35. The van der Waals surface area contributed by atoms with Gasteiger partial charge in [-0.2, -0.15) is 4.37 Å². The molecule has 1 N–H and O–H groups in total. The lowest BCUT2D eigenvalue weighted by atomic mass is 10.2. The van der Waals surface area contributed by atoms with E-state index in [9.17, 15) is 18.0 Å². The second kappa shape index (κ2) is 6.78. The van der Waals surface area contributed by atoms with Crippen LogP contribution in [0.15, 0.2) is 33.9 Å². The topological polar surface area (TPSA) is 103 Å². The molecule has 0 amide bonds. The number of rotatable bonds is 5. The van der Waals surface area contributed by atoms with Crippen molar-refractivity contribution in [3.63, 3.8) is 0 Å². The minimum Gasteiger partial charge on any atom is -0.298 e. The zero-order valence-corrected chi connectivity index (χ0v) is 16.1. The van der Waals surface area contributed by atoms with Crippen molar-refractivity contribution in [2.75, 3.05) is 6.26 Å². The first kappa shape index (κ1) is 18.5. The molecule has 0 bridgehead atoms. The van der Waals surface area contributed by atoms with Crippen molar-refractivity contribution in [3.8, 4) is 5.69 Å². The molecule has 0 fully saturated rings. The van der Waals surface area contributed by atoms with E-state index >= 15 is 0 Å². The number of sulfonamides is 1. The van der Waals surface area contributed by atoms with E-state index in [4.69, 9.17) is 0 Å². The first-order valence-corrected chi connectivity index (χ1v) is 10.5. The molecule has 0 saturated heterocycles. The van der Waals surface area contributed by atoms with E-state index in [-0.39, 0.29) is 6.54 Å². The fraction of sp³-hybridized carbons (Fsp3) is 0.312. The molecule has 2 aromatic heterocycles. The molecule has 26 heavy (non-hydrogen) atoms. The molecule has 3 rings (SSSR count). The molecular weight excluding hydrogens is 376 g/mol. The molecule has 0 saturated carbocycles. The molecule has 0 unspecified atom stereocenters. The van der Waals surface area contributed by atoms with Crippen molar-refractivity contribution < 1.29 is 8.42 Å². The summed E-state index contributed by atoms with van der Waals surface area (Å²) in [5.41, 5.74) is 0.769. The maximum atomic E-state index is 12.7. The lowest BCUT2D eigenvalue weighted by Gasteiger charge is -2.11. The normalized spacial score (nSPS) is 12.0. The summed E-state index contributed by atoms with van der Waals surface area (Å²) in [5.74, 6) is 0. The predicted molar refractivity (Wildman–Crippen MR) is 102 cm³/mol.